The maximum atomic E-state index is 14.1. The second-order valence-electron chi connectivity index (χ2n) is 14.7. The third-order valence-corrected chi connectivity index (χ3v) is 7.42. The van der Waals surface area contributed by atoms with Crippen molar-refractivity contribution in [2.75, 3.05) is 13.1 Å². The summed E-state index contributed by atoms with van der Waals surface area (Å²) in [5.41, 5.74) is -0.374. The summed E-state index contributed by atoms with van der Waals surface area (Å²) in [6.07, 6.45) is 4.24. The number of ether oxygens (including phenoxy) is 2. The molecule has 0 aromatic heterocycles. The number of hydrogen-bond donors (Lipinski definition) is 4. The number of benzene rings is 1. The number of rotatable bonds is 15. The van der Waals surface area contributed by atoms with Gasteiger partial charge in [-0.05, 0) is 91.5 Å². The molecule has 0 bridgehead atoms. The molecule has 2 rings (SSSR count). The van der Waals surface area contributed by atoms with E-state index in [1.165, 1.54) is 0 Å². The van der Waals surface area contributed by atoms with Crippen molar-refractivity contribution in [1.29, 1.82) is 0 Å². The summed E-state index contributed by atoms with van der Waals surface area (Å²) in [4.78, 5) is 65.4. The molecule has 1 aromatic rings. The summed E-state index contributed by atoms with van der Waals surface area (Å²) >= 11 is 0. The Labute approximate surface area is 285 Å². The van der Waals surface area contributed by atoms with E-state index in [4.69, 9.17) is 9.47 Å². The van der Waals surface area contributed by atoms with Gasteiger partial charge in [-0.25, -0.2) is 9.59 Å². The first kappa shape index (κ1) is 40.1. The molecule has 12 heteroatoms. The molecule has 1 unspecified atom stereocenters. The highest BCUT2D eigenvalue weighted by Gasteiger charge is 2.36. The summed E-state index contributed by atoms with van der Waals surface area (Å²) in [6.45, 7) is 15.2. The van der Waals surface area contributed by atoms with E-state index in [0.717, 1.165) is 5.56 Å². The average Bonchev–Trinajstić information content (AvgIpc) is 3.40. The van der Waals surface area contributed by atoms with E-state index in [1.54, 1.807) is 46.4 Å². The first-order valence-corrected chi connectivity index (χ1v) is 16.9. The van der Waals surface area contributed by atoms with Crippen molar-refractivity contribution in [3.8, 4) is 0 Å². The lowest BCUT2D eigenvalue weighted by Crippen LogP contribution is -2.51. The Morgan fingerprint density at radius 1 is 0.958 bits per heavy atom. The monoisotopic (exact) mass is 672 g/mol. The molecule has 1 aliphatic rings. The van der Waals surface area contributed by atoms with Crippen molar-refractivity contribution in [3.63, 3.8) is 0 Å². The van der Waals surface area contributed by atoms with Crippen LogP contribution in [0.2, 0.25) is 0 Å². The highest BCUT2D eigenvalue weighted by Crippen LogP contribution is 2.23. The van der Waals surface area contributed by atoms with Crippen molar-refractivity contribution in [3.05, 3.63) is 48.0 Å². The average molecular weight is 673 g/mol. The Kier molecular flexibility index (Phi) is 15.4. The fourth-order valence-corrected chi connectivity index (χ4v) is 5.36. The number of likely N-dealkylation sites (tertiary alicyclic amines) is 1. The molecule has 4 atom stereocenters. The molecule has 12 nitrogen and oxygen atoms in total. The Balaban J connectivity index is 2.17. The minimum Gasteiger partial charge on any atom is -0.481 e. The van der Waals surface area contributed by atoms with Crippen LogP contribution in [-0.4, -0.2) is 76.5 Å². The summed E-state index contributed by atoms with van der Waals surface area (Å²) in [5.74, 6) is -3.86. The standard InChI is InChI=1S/C36H56N4O8/c1-24(2)22-27(38-34(46)48-36(6,7)8)19-18-26(23-25-14-10-9-11-15-25)31(42)40-21-13-17-29(40)39-30(41)28(32(43)44)16-12-20-37-33(45)47-35(3,4)5/h9-11,14-15,18-19,24,26-29H,12-13,16-17,20-23H2,1-8H3,(H,37,45)(H,38,46)(H,39,41)(H,43,44)/b19-18+/t26-,27+,28?,29-/m0/s1. The van der Waals surface area contributed by atoms with Crippen LogP contribution >= 0.6 is 0 Å². The van der Waals surface area contributed by atoms with Crippen LogP contribution in [0, 0.1) is 17.8 Å². The fourth-order valence-electron chi connectivity index (χ4n) is 5.36. The van der Waals surface area contributed by atoms with Crippen LogP contribution in [0.4, 0.5) is 9.59 Å². The van der Waals surface area contributed by atoms with Gasteiger partial charge >= 0.3 is 18.2 Å². The van der Waals surface area contributed by atoms with Gasteiger partial charge in [0.05, 0.1) is 12.0 Å². The molecule has 48 heavy (non-hydrogen) atoms. The van der Waals surface area contributed by atoms with E-state index in [2.05, 4.69) is 16.0 Å². The number of alkyl carbamates (subject to hydrolysis) is 2. The first-order chi connectivity index (χ1) is 22.3. The molecule has 1 saturated heterocycles. The maximum Gasteiger partial charge on any atom is 0.408 e. The van der Waals surface area contributed by atoms with Crippen LogP contribution in [0.25, 0.3) is 0 Å². The van der Waals surface area contributed by atoms with Crippen LogP contribution in [0.1, 0.15) is 93.1 Å². The SMILES string of the molecule is CC(C)C[C@@H](/C=C/[C@@H](Cc1ccccc1)C(=O)N1CCC[C@H]1NC(=O)C(CCCNC(=O)OC(C)(C)C)C(=O)O)NC(=O)OC(C)(C)C. The Morgan fingerprint density at radius 2 is 1.58 bits per heavy atom. The number of hydrogen-bond acceptors (Lipinski definition) is 7. The lowest BCUT2D eigenvalue weighted by atomic mass is 9.95. The Morgan fingerprint density at radius 3 is 2.17 bits per heavy atom. The maximum absolute atomic E-state index is 14.1. The van der Waals surface area contributed by atoms with Crippen LogP contribution in [0.5, 0.6) is 0 Å². The molecule has 268 valence electrons. The van der Waals surface area contributed by atoms with E-state index >= 15 is 0 Å². The summed E-state index contributed by atoms with van der Waals surface area (Å²) < 4.78 is 10.6. The largest absolute Gasteiger partial charge is 0.481 e. The van der Waals surface area contributed by atoms with Crippen molar-refractivity contribution in [1.82, 2.24) is 20.9 Å². The highest BCUT2D eigenvalue weighted by molar-refractivity contribution is 5.97. The van der Waals surface area contributed by atoms with Gasteiger partial charge in [0.15, 0.2) is 0 Å². The second kappa shape index (κ2) is 18.5. The molecule has 1 aromatic carbocycles. The number of amides is 4. The van der Waals surface area contributed by atoms with Gasteiger partial charge < -0.3 is 35.4 Å². The van der Waals surface area contributed by atoms with Gasteiger partial charge in [-0.1, -0.05) is 56.3 Å². The molecule has 1 fully saturated rings. The zero-order chi connectivity index (χ0) is 36.1. The number of carbonyl (C=O) groups excluding carboxylic acids is 4. The Hall–Kier alpha value is -4.09. The molecule has 4 amide bonds. The number of nitrogens with zero attached hydrogens (tertiary/aromatic N) is 1. The van der Waals surface area contributed by atoms with Crippen molar-refractivity contribution >= 4 is 30.0 Å². The first-order valence-electron chi connectivity index (χ1n) is 16.9. The van der Waals surface area contributed by atoms with Crippen LogP contribution in [-0.2, 0) is 30.3 Å². The molecule has 4 N–H and O–H groups in total. The quantitative estimate of drug-likeness (QED) is 0.109. The zero-order valence-corrected chi connectivity index (χ0v) is 29.8. The van der Waals surface area contributed by atoms with Crippen LogP contribution < -0.4 is 16.0 Å². The molecule has 0 spiro atoms. The van der Waals surface area contributed by atoms with Gasteiger partial charge in [0.1, 0.15) is 23.3 Å². The van der Waals surface area contributed by atoms with Gasteiger partial charge in [-0.15, -0.1) is 0 Å². The van der Waals surface area contributed by atoms with Gasteiger partial charge in [0.25, 0.3) is 0 Å². The molecular weight excluding hydrogens is 616 g/mol. The zero-order valence-electron chi connectivity index (χ0n) is 29.8. The normalized spacial score (nSPS) is 17.0. The van der Waals surface area contributed by atoms with Crippen molar-refractivity contribution < 1.29 is 38.6 Å². The number of carboxylic acids is 1. The summed E-state index contributed by atoms with van der Waals surface area (Å²) in [6, 6.07) is 9.22. The molecule has 1 aliphatic heterocycles. The van der Waals surface area contributed by atoms with Crippen molar-refractivity contribution in [2.45, 2.75) is 117 Å². The topological polar surface area (TPSA) is 163 Å². The van der Waals surface area contributed by atoms with E-state index in [-0.39, 0.29) is 37.3 Å². The summed E-state index contributed by atoms with van der Waals surface area (Å²) in [5, 5.41) is 18.1. The minimum atomic E-state index is -1.35. The molecular formula is C36H56N4O8. The fraction of sp³-hybridized carbons (Fsp3) is 0.639. The van der Waals surface area contributed by atoms with E-state index < -0.39 is 53.3 Å². The number of carboxylic acid groups (broad SMARTS) is 1. The van der Waals surface area contributed by atoms with Gasteiger partial charge in [-0.2, -0.15) is 0 Å². The van der Waals surface area contributed by atoms with Crippen molar-refractivity contribution in [2.24, 2.45) is 17.8 Å². The van der Waals surface area contributed by atoms with E-state index in [9.17, 15) is 29.1 Å². The molecule has 1 heterocycles. The number of carbonyl (C=O) groups is 5. The molecule has 0 radical (unpaired) electrons. The lowest BCUT2D eigenvalue weighted by Gasteiger charge is -2.29. The minimum absolute atomic E-state index is 0.00110. The van der Waals surface area contributed by atoms with E-state index in [1.807, 2.05) is 56.3 Å². The number of aliphatic carboxylic acids is 1. The van der Waals surface area contributed by atoms with Crippen LogP contribution in [0.3, 0.4) is 0 Å². The van der Waals surface area contributed by atoms with E-state index in [0.29, 0.717) is 32.2 Å². The molecule has 0 aliphatic carbocycles. The third kappa shape index (κ3) is 15.2. The smallest absolute Gasteiger partial charge is 0.408 e. The Bertz CT molecular complexity index is 1250. The number of nitrogens with one attached hydrogen (secondary N) is 3. The second-order valence-corrected chi connectivity index (χ2v) is 14.7. The predicted octanol–water partition coefficient (Wildman–Crippen LogP) is 5.41. The third-order valence-electron chi connectivity index (χ3n) is 7.42. The summed E-state index contributed by atoms with van der Waals surface area (Å²) in [7, 11) is 0. The lowest BCUT2D eigenvalue weighted by molar-refractivity contribution is -0.148. The highest BCUT2D eigenvalue weighted by atomic mass is 16.6. The van der Waals surface area contributed by atoms with Crippen LogP contribution in [0.15, 0.2) is 42.5 Å². The molecule has 0 saturated carbocycles. The van der Waals surface area contributed by atoms with Gasteiger partial charge in [-0.3, -0.25) is 14.4 Å². The predicted molar refractivity (Wildman–Crippen MR) is 183 cm³/mol. The van der Waals surface area contributed by atoms with Gasteiger partial charge in [0, 0.05) is 13.1 Å². The van der Waals surface area contributed by atoms with Gasteiger partial charge in [0.2, 0.25) is 11.8 Å².